The lowest BCUT2D eigenvalue weighted by Crippen LogP contribution is -2.00. The van der Waals surface area contributed by atoms with Crippen LogP contribution in [-0.2, 0) is 5.88 Å². The Morgan fingerprint density at radius 2 is 2.00 bits per heavy atom. The van der Waals surface area contributed by atoms with Crippen LogP contribution in [0.3, 0.4) is 0 Å². The minimum Gasteiger partial charge on any atom is -0.294 e. The molecule has 0 saturated carbocycles. The number of fused-ring (bicyclic) bond motifs is 1. The van der Waals surface area contributed by atoms with Crippen LogP contribution in [0.15, 0.2) is 45.3 Å². The number of imidazole rings is 1. The van der Waals surface area contributed by atoms with E-state index < -0.39 is 0 Å². The molecule has 104 valence electrons. The number of alkyl halides is 1. The molecule has 0 spiro atoms. The summed E-state index contributed by atoms with van der Waals surface area (Å²) >= 11 is 13.1. The van der Waals surface area contributed by atoms with Crippen LogP contribution in [0.25, 0.3) is 16.7 Å². The molecule has 0 saturated heterocycles. The average Bonchev–Trinajstić information content (AvgIpc) is 2.87. The molecule has 6 heteroatoms. The van der Waals surface area contributed by atoms with Gasteiger partial charge in [0.2, 0.25) is 0 Å². The van der Waals surface area contributed by atoms with Crippen molar-refractivity contribution in [3.05, 3.63) is 56.7 Å². The van der Waals surface area contributed by atoms with Crippen molar-refractivity contribution in [3.63, 3.8) is 0 Å². The zero-order valence-electron chi connectivity index (χ0n) is 10.6. The summed E-state index contributed by atoms with van der Waals surface area (Å²) in [6.45, 7) is 0. The van der Waals surface area contributed by atoms with Crippen LogP contribution >= 0.6 is 43.5 Å². The molecule has 0 aliphatic heterocycles. The first-order valence-electron chi connectivity index (χ1n) is 6.07. The minimum absolute atomic E-state index is 0.287. The van der Waals surface area contributed by atoms with Crippen molar-refractivity contribution >= 4 is 54.5 Å². The highest BCUT2D eigenvalue weighted by Gasteiger charge is 2.14. The fourth-order valence-corrected chi connectivity index (χ4v) is 3.16. The molecular formula is C15H8Br2ClN3. The fraction of sp³-hybridized carbons (Fsp3) is 0.0667. The molecular weight excluding hydrogens is 417 g/mol. The predicted molar refractivity (Wildman–Crippen MR) is 90.7 cm³/mol. The van der Waals surface area contributed by atoms with Crippen molar-refractivity contribution in [1.29, 1.82) is 5.26 Å². The van der Waals surface area contributed by atoms with Crippen molar-refractivity contribution in [2.75, 3.05) is 0 Å². The molecule has 3 rings (SSSR count). The van der Waals surface area contributed by atoms with Gasteiger partial charge in [-0.15, -0.1) is 11.6 Å². The van der Waals surface area contributed by atoms with Gasteiger partial charge < -0.3 is 0 Å². The number of halogens is 3. The van der Waals surface area contributed by atoms with Crippen LogP contribution in [0.1, 0.15) is 11.4 Å². The van der Waals surface area contributed by atoms with Crippen molar-refractivity contribution in [2.45, 2.75) is 5.88 Å². The van der Waals surface area contributed by atoms with E-state index >= 15 is 0 Å². The van der Waals surface area contributed by atoms with E-state index in [0.29, 0.717) is 5.56 Å². The summed E-state index contributed by atoms with van der Waals surface area (Å²) in [5.74, 6) is 1.02. The number of nitrogens with zero attached hydrogens (tertiary/aromatic N) is 3. The minimum atomic E-state index is 0.287. The van der Waals surface area contributed by atoms with Crippen molar-refractivity contribution < 1.29 is 0 Å². The number of nitriles is 1. The predicted octanol–water partition coefficient (Wildman–Crippen LogP) is 5.16. The van der Waals surface area contributed by atoms with Gasteiger partial charge in [0.25, 0.3) is 0 Å². The number of hydrogen-bond acceptors (Lipinski definition) is 2. The topological polar surface area (TPSA) is 41.6 Å². The third kappa shape index (κ3) is 2.59. The van der Waals surface area contributed by atoms with Gasteiger partial charge in [0.15, 0.2) is 0 Å². The summed E-state index contributed by atoms with van der Waals surface area (Å²) in [7, 11) is 0. The van der Waals surface area contributed by atoms with Gasteiger partial charge in [0.1, 0.15) is 5.82 Å². The molecule has 0 bridgehead atoms. The lowest BCUT2D eigenvalue weighted by Gasteiger charge is -2.10. The number of aromatic nitrogens is 2. The van der Waals surface area contributed by atoms with E-state index in [1.54, 1.807) is 6.07 Å². The highest BCUT2D eigenvalue weighted by atomic mass is 79.9. The zero-order chi connectivity index (χ0) is 15.0. The van der Waals surface area contributed by atoms with Crippen molar-refractivity contribution in [2.24, 2.45) is 0 Å². The first kappa shape index (κ1) is 14.6. The largest absolute Gasteiger partial charge is 0.294 e. The quantitative estimate of drug-likeness (QED) is 0.532. The summed E-state index contributed by atoms with van der Waals surface area (Å²) < 4.78 is 3.86. The first-order chi connectivity index (χ1) is 10.1. The second-order valence-corrected chi connectivity index (χ2v) is 6.45. The SMILES string of the molecule is N#Cc1ccc2nc(CCl)n(-c3cc(Br)ccc3Br)c2c1. The Morgan fingerprint density at radius 1 is 1.19 bits per heavy atom. The van der Waals surface area contributed by atoms with E-state index in [2.05, 4.69) is 42.9 Å². The maximum absolute atomic E-state index is 9.10. The molecule has 3 aromatic rings. The third-order valence-corrected chi connectivity index (χ3v) is 4.52. The van der Waals surface area contributed by atoms with Crippen LogP contribution in [0.2, 0.25) is 0 Å². The summed E-state index contributed by atoms with van der Waals surface area (Å²) in [6, 6.07) is 13.5. The van der Waals surface area contributed by atoms with E-state index in [4.69, 9.17) is 16.9 Å². The van der Waals surface area contributed by atoms with E-state index in [1.807, 2.05) is 34.9 Å². The lowest BCUT2D eigenvalue weighted by atomic mass is 10.2. The molecule has 1 aromatic heterocycles. The Labute approximate surface area is 143 Å². The zero-order valence-corrected chi connectivity index (χ0v) is 14.6. The second-order valence-electron chi connectivity index (χ2n) is 4.41. The summed E-state index contributed by atoms with van der Waals surface area (Å²) in [6.07, 6.45) is 0. The van der Waals surface area contributed by atoms with Gasteiger partial charge in [-0.3, -0.25) is 4.57 Å². The maximum atomic E-state index is 9.10. The monoisotopic (exact) mass is 423 g/mol. The summed E-state index contributed by atoms with van der Waals surface area (Å²) in [4.78, 5) is 4.54. The highest BCUT2D eigenvalue weighted by Crippen LogP contribution is 2.30. The van der Waals surface area contributed by atoms with Crippen LogP contribution < -0.4 is 0 Å². The summed E-state index contributed by atoms with van der Waals surface area (Å²) in [5.41, 5.74) is 3.20. The fourth-order valence-electron chi connectivity index (χ4n) is 2.21. The van der Waals surface area contributed by atoms with Gasteiger partial charge in [-0.1, -0.05) is 15.9 Å². The van der Waals surface area contributed by atoms with Crippen LogP contribution in [0.4, 0.5) is 0 Å². The normalized spacial score (nSPS) is 10.8. The second kappa shape index (κ2) is 5.80. The van der Waals surface area contributed by atoms with Gasteiger partial charge in [0, 0.05) is 8.95 Å². The van der Waals surface area contributed by atoms with E-state index in [1.165, 1.54) is 0 Å². The molecule has 0 aliphatic rings. The Morgan fingerprint density at radius 3 is 2.71 bits per heavy atom. The molecule has 0 N–H and O–H groups in total. The van der Waals surface area contributed by atoms with Gasteiger partial charge in [-0.2, -0.15) is 5.26 Å². The van der Waals surface area contributed by atoms with Gasteiger partial charge in [-0.05, 0) is 52.3 Å². The molecule has 0 atom stereocenters. The van der Waals surface area contributed by atoms with Gasteiger partial charge >= 0.3 is 0 Å². The third-order valence-electron chi connectivity index (χ3n) is 3.12. The molecule has 2 aromatic carbocycles. The number of hydrogen-bond donors (Lipinski definition) is 0. The average molecular weight is 426 g/mol. The van der Waals surface area contributed by atoms with Crippen LogP contribution in [0.5, 0.6) is 0 Å². The highest BCUT2D eigenvalue weighted by molar-refractivity contribution is 9.11. The first-order valence-corrected chi connectivity index (χ1v) is 8.19. The van der Waals surface area contributed by atoms with E-state index in [9.17, 15) is 0 Å². The van der Waals surface area contributed by atoms with E-state index in [-0.39, 0.29) is 5.88 Å². The molecule has 0 unspecified atom stereocenters. The lowest BCUT2D eigenvalue weighted by molar-refractivity contribution is 0.976. The molecule has 0 fully saturated rings. The van der Waals surface area contributed by atoms with Gasteiger partial charge in [-0.25, -0.2) is 4.98 Å². The standard InChI is InChI=1S/C15H8Br2ClN3/c16-10-2-3-11(17)13(6-10)21-14-5-9(8-19)1-4-12(14)20-15(21)7-18/h1-6H,7H2. The molecule has 0 amide bonds. The number of benzene rings is 2. The van der Waals surface area contributed by atoms with Crippen LogP contribution in [-0.4, -0.2) is 9.55 Å². The number of rotatable bonds is 2. The smallest absolute Gasteiger partial charge is 0.129 e. The Hall–Kier alpha value is -1.35. The Bertz CT molecular complexity index is 880. The van der Waals surface area contributed by atoms with Crippen molar-refractivity contribution in [1.82, 2.24) is 9.55 Å². The van der Waals surface area contributed by atoms with Gasteiger partial charge in [0.05, 0.1) is 34.2 Å². The molecule has 3 nitrogen and oxygen atoms in total. The molecule has 0 aliphatic carbocycles. The molecule has 21 heavy (non-hydrogen) atoms. The van der Waals surface area contributed by atoms with E-state index in [0.717, 1.165) is 31.5 Å². The molecule has 0 radical (unpaired) electrons. The molecule has 1 heterocycles. The Balaban J connectivity index is 2.39. The Kier molecular flexibility index (Phi) is 4.03. The summed E-state index contributed by atoms with van der Waals surface area (Å²) in [5, 5.41) is 9.10. The van der Waals surface area contributed by atoms with Crippen LogP contribution in [0, 0.1) is 11.3 Å². The van der Waals surface area contributed by atoms with Crippen molar-refractivity contribution in [3.8, 4) is 11.8 Å². The maximum Gasteiger partial charge on any atom is 0.129 e.